The third-order valence-electron chi connectivity index (χ3n) is 3.93. The molecule has 0 aliphatic rings. The topological polar surface area (TPSA) is 140 Å². The minimum Gasteiger partial charge on any atom is -0.508 e. The van der Waals surface area contributed by atoms with Crippen LogP contribution in [-0.4, -0.2) is 34.8 Å². The van der Waals surface area contributed by atoms with Crippen molar-refractivity contribution in [3.8, 4) is 5.75 Å². The van der Waals surface area contributed by atoms with E-state index in [4.69, 9.17) is 15.2 Å². The maximum Gasteiger partial charge on any atom is 0.408 e. The highest BCUT2D eigenvalue weighted by atomic mass is 16.6. The maximum atomic E-state index is 12.8. The van der Waals surface area contributed by atoms with Crippen molar-refractivity contribution in [1.29, 1.82) is 0 Å². The highest BCUT2D eigenvalue weighted by Crippen LogP contribution is 2.18. The maximum absolute atomic E-state index is 12.8. The number of carbonyl (C=O) groups excluding carboxylic acids is 3. The van der Waals surface area contributed by atoms with Crippen molar-refractivity contribution < 1.29 is 29.0 Å². The van der Waals surface area contributed by atoms with Gasteiger partial charge in [-0.15, -0.1) is 0 Å². The van der Waals surface area contributed by atoms with Crippen LogP contribution in [0.5, 0.6) is 5.75 Å². The third kappa shape index (κ3) is 7.98. The number of aromatic hydroxyl groups is 1. The lowest BCUT2D eigenvalue weighted by molar-refractivity contribution is -0.149. The van der Waals surface area contributed by atoms with Crippen LogP contribution in [0.3, 0.4) is 0 Å². The van der Waals surface area contributed by atoms with E-state index in [1.165, 1.54) is 24.3 Å². The fourth-order valence-corrected chi connectivity index (χ4v) is 2.51. The first kappa shape index (κ1) is 23.7. The minimum atomic E-state index is -1.45. The molecule has 9 heteroatoms. The molecule has 0 radical (unpaired) electrons. The van der Waals surface area contributed by atoms with E-state index in [2.05, 4.69) is 10.6 Å². The summed E-state index contributed by atoms with van der Waals surface area (Å²) in [5.41, 5.74) is 6.10. The van der Waals surface area contributed by atoms with Gasteiger partial charge in [-0.05, 0) is 44.0 Å². The van der Waals surface area contributed by atoms with Gasteiger partial charge in [0.2, 0.25) is 5.91 Å². The van der Waals surface area contributed by atoms with Crippen molar-refractivity contribution in [2.45, 2.75) is 45.2 Å². The van der Waals surface area contributed by atoms with Gasteiger partial charge in [0.25, 0.3) is 0 Å². The second-order valence-electron chi connectivity index (χ2n) is 7.75. The molecule has 0 fully saturated rings. The SMILES string of the molecule is CC(C)(C)OC(=O)NC(C(=O)NC(N)C(=O)OCc1ccccc1)c1ccc(O)cc1. The smallest absolute Gasteiger partial charge is 0.408 e. The molecule has 0 bridgehead atoms. The number of benzene rings is 2. The number of alkyl carbamates (subject to hydrolysis) is 1. The Morgan fingerprint density at radius 1 is 1.00 bits per heavy atom. The Morgan fingerprint density at radius 3 is 2.19 bits per heavy atom. The van der Waals surface area contributed by atoms with E-state index in [1.54, 1.807) is 45.0 Å². The van der Waals surface area contributed by atoms with Crippen LogP contribution in [0.1, 0.15) is 37.9 Å². The molecule has 166 valence electrons. The van der Waals surface area contributed by atoms with Crippen LogP contribution in [-0.2, 0) is 25.7 Å². The normalized spacial score (nSPS) is 12.9. The molecule has 0 spiro atoms. The monoisotopic (exact) mass is 429 g/mol. The Morgan fingerprint density at radius 2 is 1.61 bits per heavy atom. The van der Waals surface area contributed by atoms with E-state index in [0.29, 0.717) is 5.56 Å². The lowest BCUT2D eigenvalue weighted by Gasteiger charge is -2.24. The first-order valence-corrected chi connectivity index (χ1v) is 9.60. The summed E-state index contributed by atoms with van der Waals surface area (Å²) < 4.78 is 10.3. The zero-order chi connectivity index (χ0) is 23.0. The number of phenolic OH excluding ortho intramolecular Hbond substituents is 1. The Hall–Kier alpha value is -3.59. The molecule has 0 heterocycles. The van der Waals surface area contributed by atoms with Gasteiger partial charge >= 0.3 is 12.1 Å². The van der Waals surface area contributed by atoms with Crippen LogP contribution in [0.15, 0.2) is 54.6 Å². The number of carbonyl (C=O) groups is 3. The number of amides is 2. The molecule has 2 aromatic rings. The predicted octanol–water partition coefficient (Wildman–Crippen LogP) is 2.10. The number of ether oxygens (including phenoxy) is 2. The Bertz CT molecular complexity index is 894. The summed E-state index contributed by atoms with van der Waals surface area (Å²) in [7, 11) is 0. The molecule has 2 amide bonds. The van der Waals surface area contributed by atoms with Crippen LogP contribution in [0, 0.1) is 0 Å². The van der Waals surface area contributed by atoms with Crippen molar-refractivity contribution in [2.75, 3.05) is 0 Å². The molecule has 2 atom stereocenters. The fourth-order valence-electron chi connectivity index (χ4n) is 2.51. The van der Waals surface area contributed by atoms with Gasteiger partial charge in [-0.25, -0.2) is 9.59 Å². The number of phenols is 1. The summed E-state index contributed by atoms with van der Waals surface area (Å²) >= 11 is 0. The van der Waals surface area contributed by atoms with Crippen LogP contribution < -0.4 is 16.4 Å². The molecule has 0 saturated heterocycles. The van der Waals surface area contributed by atoms with Gasteiger partial charge in [0.05, 0.1) is 0 Å². The van der Waals surface area contributed by atoms with E-state index < -0.39 is 35.8 Å². The van der Waals surface area contributed by atoms with E-state index in [9.17, 15) is 19.5 Å². The van der Waals surface area contributed by atoms with Crippen LogP contribution in [0.4, 0.5) is 4.79 Å². The fraction of sp³-hybridized carbons (Fsp3) is 0.318. The van der Waals surface area contributed by atoms with E-state index in [1.807, 2.05) is 6.07 Å². The first-order valence-electron chi connectivity index (χ1n) is 9.60. The molecule has 9 nitrogen and oxygen atoms in total. The molecule has 2 rings (SSSR count). The van der Waals surface area contributed by atoms with Crippen LogP contribution in [0.25, 0.3) is 0 Å². The summed E-state index contributed by atoms with van der Waals surface area (Å²) in [5, 5.41) is 14.3. The highest BCUT2D eigenvalue weighted by Gasteiger charge is 2.28. The second-order valence-corrected chi connectivity index (χ2v) is 7.75. The largest absolute Gasteiger partial charge is 0.508 e. The van der Waals surface area contributed by atoms with Gasteiger partial charge < -0.3 is 30.9 Å². The Kier molecular flexibility index (Phi) is 7.98. The van der Waals surface area contributed by atoms with Crippen LogP contribution in [0.2, 0.25) is 0 Å². The Balaban J connectivity index is 2.05. The number of nitrogens with two attached hydrogens (primary N) is 1. The standard InChI is InChI=1S/C22H27N3O6/c1-22(2,3)31-21(29)24-17(15-9-11-16(26)12-10-15)19(27)25-18(23)20(28)30-13-14-7-5-4-6-8-14/h4-12,17-18,26H,13,23H2,1-3H3,(H,24,29)(H,25,27). The molecule has 2 unspecified atom stereocenters. The van der Waals surface area contributed by atoms with Gasteiger partial charge in [-0.2, -0.15) is 0 Å². The van der Waals surface area contributed by atoms with E-state index in [0.717, 1.165) is 5.56 Å². The van der Waals surface area contributed by atoms with Crippen LogP contribution >= 0.6 is 0 Å². The molecule has 0 aromatic heterocycles. The van der Waals surface area contributed by atoms with Gasteiger partial charge in [-0.1, -0.05) is 42.5 Å². The molecule has 0 saturated carbocycles. The zero-order valence-corrected chi connectivity index (χ0v) is 17.6. The molecule has 2 aromatic carbocycles. The molecule has 31 heavy (non-hydrogen) atoms. The van der Waals surface area contributed by atoms with Crippen molar-refractivity contribution in [2.24, 2.45) is 5.73 Å². The third-order valence-corrected chi connectivity index (χ3v) is 3.93. The molecule has 5 N–H and O–H groups in total. The number of hydrogen-bond donors (Lipinski definition) is 4. The average molecular weight is 429 g/mol. The van der Waals surface area contributed by atoms with Gasteiger partial charge in [0.1, 0.15) is 24.0 Å². The summed E-state index contributed by atoms with van der Waals surface area (Å²) in [6, 6.07) is 13.4. The zero-order valence-electron chi connectivity index (χ0n) is 17.6. The summed E-state index contributed by atoms with van der Waals surface area (Å²) in [6.07, 6.45) is -2.28. The van der Waals surface area contributed by atoms with Gasteiger partial charge in [0, 0.05) is 0 Å². The first-order chi connectivity index (χ1) is 14.5. The van der Waals surface area contributed by atoms with E-state index >= 15 is 0 Å². The van der Waals surface area contributed by atoms with E-state index in [-0.39, 0.29) is 12.4 Å². The predicted molar refractivity (Wildman–Crippen MR) is 113 cm³/mol. The van der Waals surface area contributed by atoms with Crippen molar-refractivity contribution >= 4 is 18.0 Å². The summed E-state index contributed by atoms with van der Waals surface area (Å²) in [6.45, 7) is 5.05. The van der Waals surface area contributed by atoms with Crippen molar-refractivity contribution in [3.63, 3.8) is 0 Å². The number of hydrogen-bond acceptors (Lipinski definition) is 7. The van der Waals surface area contributed by atoms with Gasteiger partial charge in [-0.3, -0.25) is 4.79 Å². The highest BCUT2D eigenvalue weighted by molar-refractivity contribution is 5.90. The average Bonchev–Trinajstić information content (AvgIpc) is 2.70. The number of nitrogens with one attached hydrogen (secondary N) is 2. The summed E-state index contributed by atoms with van der Waals surface area (Å²) in [4.78, 5) is 37.2. The number of esters is 1. The lowest BCUT2D eigenvalue weighted by Crippen LogP contribution is -2.52. The minimum absolute atomic E-state index is 0.000787. The molecule has 0 aliphatic heterocycles. The van der Waals surface area contributed by atoms with Gasteiger partial charge in [0.15, 0.2) is 6.17 Å². The second kappa shape index (κ2) is 10.4. The summed E-state index contributed by atoms with van der Waals surface area (Å²) in [5.74, 6) is -1.60. The molecule has 0 aliphatic carbocycles. The quantitative estimate of drug-likeness (QED) is 0.390. The lowest BCUT2D eigenvalue weighted by atomic mass is 10.1. The molecular formula is C22H27N3O6. The van der Waals surface area contributed by atoms with Crippen molar-refractivity contribution in [3.05, 3.63) is 65.7 Å². The molecular weight excluding hydrogens is 402 g/mol. The number of rotatable bonds is 7. The van der Waals surface area contributed by atoms with Crippen molar-refractivity contribution in [1.82, 2.24) is 10.6 Å². The Labute approximate surface area is 180 Å².